The van der Waals surface area contributed by atoms with Crippen molar-refractivity contribution >= 4 is 60.5 Å². The van der Waals surface area contributed by atoms with Gasteiger partial charge in [-0.3, -0.25) is 10.3 Å². The Hall–Kier alpha value is -6.24. The predicted octanol–water partition coefficient (Wildman–Crippen LogP) is 10.0. The number of fused-ring (bicyclic) bond motifs is 8. The molecule has 0 aliphatic carbocycles. The topological polar surface area (TPSA) is 75.6 Å². The first-order valence-electron chi connectivity index (χ1n) is 16.1. The van der Waals surface area contributed by atoms with Crippen LogP contribution in [-0.2, 0) is 0 Å². The second kappa shape index (κ2) is 10.7. The van der Waals surface area contributed by atoms with E-state index >= 15 is 0 Å². The predicted molar refractivity (Wildman–Crippen MR) is 193 cm³/mol. The summed E-state index contributed by atoms with van der Waals surface area (Å²) in [6.07, 6.45) is 3.26. The summed E-state index contributed by atoms with van der Waals surface area (Å²) in [5.41, 5.74) is 8.51. The van der Waals surface area contributed by atoms with Gasteiger partial charge in [-0.25, -0.2) is 4.99 Å². The molecule has 0 saturated heterocycles. The normalized spacial score (nSPS) is 16.5. The monoisotopic (exact) mass is 620 g/mol. The van der Waals surface area contributed by atoms with E-state index in [0.717, 1.165) is 88.3 Å². The van der Waals surface area contributed by atoms with E-state index in [1.54, 1.807) is 6.20 Å². The molecule has 2 N–H and O–H groups in total. The summed E-state index contributed by atoms with van der Waals surface area (Å²) in [7, 11) is 0. The second-order valence-corrected chi connectivity index (χ2v) is 12.2. The second-order valence-electron chi connectivity index (χ2n) is 12.2. The van der Waals surface area contributed by atoms with Crippen LogP contribution in [0.15, 0.2) is 160 Å². The van der Waals surface area contributed by atoms with E-state index in [1.807, 2.05) is 30.5 Å². The van der Waals surface area contributed by atoms with Gasteiger partial charge in [0.25, 0.3) is 0 Å². The number of nitrogens with zero attached hydrogens (tertiary/aromatic N) is 2. The van der Waals surface area contributed by atoms with Crippen molar-refractivity contribution in [3.63, 3.8) is 0 Å². The van der Waals surface area contributed by atoms with Crippen molar-refractivity contribution in [1.82, 2.24) is 15.6 Å². The van der Waals surface area contributed by atoms with Gasteiger partial charge in [0.15, 0.2) is 0 Å². The molecule has 0 spiro atoms. The first kappa shape index (κ1) is 26.9. The molecule has 3 aromatic heterocycles. The molecule has 6 aromatic carbocycles. The van der Waals surface area contributed by atoms with Crippen LogP contribution in [0.2, 0.25) is 0 Å². The maximum Gasteiger partial charge on any atom is 0.144 e. The quantitative estimate of drug-likeness (QED) is 0.205. The number of rotatable bonds is 4. The van der Waals surface area contributed by atoms with Crippen molar-refractivity contribution in [1.29, 1.82) is 0 Å². The van der Waals surface area contributed by atoms with Crippen molar-refractivity contribution in [3.8, 4) is 11.1 Å². The van der Waals surface area contributed by atoms with E-state index in [0.29, 0.717) is 0 Å². The Kier molecular flexibility index (Phi) is 5.98. The number of furan rings is 2. The van der Waals surface area contributed by atoms with E-state index in [4.69, 9.17) is 13.8 Å². The Morgan fingerprint density at radius 1 is 0.521 bits per heavy atom. The first-order valence-corrected chi connectivity index (χ1v) is 16.1. The molecule has 0 saturated carbocycles. The molecule has 1 aliphatic heterocycles. The molecule has 2 unspecified atom stereocenters. The van der Waals surface area contributed by atoms with Gasteiger partial charge in [0, 0.05) is 50.5 Å². The van der Waals surface area contributed by atoms with E-state index < -0.39 is 0 Å². The third-order valence-corrected chi connectivity index (χ3v) is 9.46. The van der Waals surface area contributed by atoms with Gasteiger partial charge in [0.05, 0.1) is 0 Å². The first-order chi connectivity index (χ1) is 23.8. The zero-order valence-corrected chi connectivity index (χ0v) is 25.7. The van der Waals surface area contributed by atoms with Crippen LogP contribution in [0.1, 0.15) is 29.0 Å². The number of nitrogens with one attached hydrogen (secondary N) is 2. The zero-order valence-electron chi connectivity index (χ0n) is 25.7. The molecule has 48 heavy (non-hydrogen) atoms. The molecule has 0 bridgehead atoms. The van der Waals surface area contributed by atoms with Gasteiger partial charge >= 0.3 is 0 Å². The van der Waals surface area contributed by atoms with Gasteiger partial charge in [0.2, 0.25) is 0 Å². The summed E-state index contributed by atoms with van der Waals surface area (Å²) in [4.78, 5) is 9.78. The molecule has 6 heteroatoms. The fourth-order valence-electron chi connectivity index (χ4n) is 7.23. The number of hydrogen-bond acceptors (Lipinski definition) is 6. The Balaban J connectivity index is 1.22. The highest BCUT2D eigenvalue weighted by Gasteiger charge is 2.28. The molecule has 9 aromatic rings. The molecule has 2 atom stereocenters. The van der Waals surface area contributed by atoms with Crippen LogP contribution >= 0.6 is 0 Å². The maximum atomic E-state index is 6.73. The summed E-state index contributed by atoms with van der Waals surface area (Å²) >= 11 is 0. The smallest absolute Gasteiger partial charge is 0.144 e. The van der Waals surface area contributed by atoms with Crippen molar-refractivity contribution in [3.05, 3.63) is 163 Å². The average molecular weight is 621 g/mol. The average Bonchev–Trinajstić information content (AvgIpc) is 3.75. The highest BCUT2D eigenvalue weighted by molar-refractivity contribution is 6.24. The number of hydrogen-bond donors (Lipinski definition) is 2. The van der Waals surface area contributed by atoms with E-state index in [1.165, 1.54) is 0 Å². The molecular formula is C42H28N4O2. The minimum absolute atomic E-state index is 0.157. The van der Waals surface area contributed by atoms with Crippen LogP contribution in [-0.4, -0.2) is 10.8 Å². The lowest BCUT2D eigenvalue weighted by Crippen LogP contribution is -2.45. The SMILES string of the molecule is c1ccc(C2N=C(c3ccc(-c4cccc5oc6c7ccccc7ccc6c45)c4oc5ccncc5c34)NC(c3ccccc3)N2)cc1. The Morgan fingerprint density at radius 2 is 1.29 bits per heavy atom. The lowest BCUT2D eigenvalue weighted by molar-refractivity contribution is 0.409. The van der Waals surface area contributed by atoms with Gasteiger partial charge < -0.3 is 14.2 Å². The zero-order chi connectivity index (χ0) is 31.6. The van der Waals surface area contributed by atoms with Gasteiger partial charge in [-0.05, 0) is 52.4 Å². The number of aromatic nitrogens is 1. The summed E-state index contributed by atoms with van der Waals surface area (Å²) in [6, 6.07) is 46.0. The summed E-state index contributed by atoms with van der Waals surface area (Å²) in [5.74, 6) is 0.790. The van der Waals surface area contributed by atoms with Crippen molar-refractivity contribution in [2.24, 2.45) is 4.99 Å². The number of benzene rings is 6. The molecule has 228 valence electrons. The molecular weight excluding hydrogens is 592 g/mol. The molecule has 0 amide bonds. The summed E-state index contributed by atoms with van der Waals surface area (Å²) in [6.45, 7) is 0. The van der Waals surface area contributed by atoms with Gasteiger partial charge in [-0.1, -0.05) is 103 Å². The van der Waals surface area contributed by atoms with Crippen LogP contribution in [0.3, 0.4) is 0 Å². The van der Waals surface area contributed by atoms with Gasteiger partial charge in [-0.2, -0.15) is 0 Å². The van der Waals surface area contributed by atoms with Crippen LogP contribution in [0.4, 0.5) is 0 Å². The van der Waals surface area contributed by atoms with Crippen LogP contribution in [0.25, 0.3) is 65.8 Å². The van der Waals surface area contributed by atoms with Crippen molar-refractivity contribution in [2.75, 3.05) is 0 Å². The molecule has 6 nitrogen and oxygen atoms in total. The number of aliphatic imine (C=N–C) groups is 1. The summed E-state index contributed by atoms with van der Waals surface area (Å²) in [5, 5.41) is 13.7. The number of pyridine rings is 1. The molecule has 10 rings (SSSR count). The summed E-state index contributed by atoms with van der Waals surface area (Å²) < 4.78 is 13.3. The highest BCUT2D eigenvalue weighted by Crippen LogP contribution is 2.44. The van der Waals surface area contributed by atoms with Crippen molar-refractivity contribution in [2.45, 2.75) is 12.3 Å². The standard InChI is InChI=1S/C42H28N4O2/c1-3-11-26(12-4-1)40-44-41(27-13-5-2-6-14-27)46-42(45-40)32-21-20-30(39-37(32)33-24-43-23-22-34(33)47-39)29-16-9-17-35-36(29)31-19-18-25-10-7-8-15-28(25)38(31)48-35/h1-24,40-41,44H,(H,45,46). The molecule has 0 fully saturated rings. The van der Waals surface area contributed by atoms with E-state index in [9.17, 15) is 0 Å². The maximum absolute atomic E-state index is 6.73. The fourth-order valence-corrected chi connectivity index (χ4v) is 7.23. The van der Waals surface area contributed by atoms with Crippen LogP contribution < -0.4 is 10.6 Å². The Labute approximate surface area is 275 Å². The third kappa shape index (κ3) is 4.16. The largest absolute Gasteiger partial charge is 0.455 e. The Morgan fingerprint density at radius 3 is 2.17 bits per heavy atom. The lowest BCUT2D eigenvalue weighted by Gasteiger charge is -2.32. The van der Waals surface area contributed by atoms with Crippen LogP contribution in [0.5, 0.6) is 0 Å². The molecule has 0 radical (unpaired) electrons. The van der Waals surface area contributed by atoms with Crippen molar-refractivity contribution < 1.29 is 8.83 Å². The Bertz CT molecular complexity index is 2690. The third-order valence-electron chi connectivity index (χ3n) is 9.46. The molecule has 4 heterocycles. The molecule has 1 aliphatic rings. The van der Waals surface area contributed by atoms with Gasteiger partial charge in [0.1, 0.15) is 40.5 Å². The fraction of sp³-hybridized carbons (Fsp3) is 0.0476. The number of amidine groups is 1. The van der Waals surface area contributed by atoms with E-state index in [2.05, 4.69) is 125 Å². The minimum atomic E-state index is -0.250. The van der Waals surface area contributed by atoms with Gasteiger partial charge in [-0.15, -0.1) is 0 Å². The van der Waals surface area contributed by atoms with E-state index in [-0.39, 0.29) is 12.3 Å². The van der Waals surface area contributed by atoms with Crippen LogP contribution in [0, 0.1) is 0 Å². The minimum Gasteiger partial charge on any atom is -0.455 e. The highest BCUT2D eigenvalue weighted by atomic mass is 16.3. The lowest BCUT2D eigenvalue weighted by atomic mass is 9.94.